The van der Waals surface area contributed by atoms with E-state index in [1.54, 1.807) is 22.2 Å². The Morgan fingerprint density at radius 3 is 2.81 bits per heavy atom. The highest BCUT2D eigenvalue weighted by molar-refractivity contribution is 9.13. The smallest absolute Gasteiger partial charge is 0.0924 e. The van der Waals surface area contributed by atoms with Crippen molar-refractivity contribution < 1.29 is 5.11 Å². The van der Waals surface area contributed by atoms with Crippen molar-refractivity contribution in [2.45, 2.75) is 12.5 Å². The summed E-state index contributed by atoms with van der Waals surface area (Å²) >= 11 is 8.37. The minimum Gasteiger partial charge on any atom is -0.387 e. The van der Waals surface area contributed by atoms with E-state index in [4.69, 9.17) is 0 Å². The van der Waals surface area contributed by atoms with Crippen LogP contribution >= 0.6 is 43.2 Å². The molecule has 0 saturated carbocycles. The lowest BCUT2D eigenvalue weighted by atomic mass is 10.1. The molecule has 0 radical (unpaired) electrons. The molecule has 0 spiro atoms. The Morgan fingerprint density at radius 2 is 2.31 bits per heavy atom. The second-order valence-corrected chi connectivity index (χ2v) is 6.77. The summed E-state index contributed by atoms with van der Waals surface area (Å²) in [4.78, 5) is 0.947. The molecule has 16 heavy (non-hydrogen) atoms. The Hall–Kier alpha value is -0.170. The quantitative estimate of drug-likeness (QED) is 0.906. The van der Waals surface area contributed by atoms with Crippen molar-refractivity contribution in [3.05, 3.63) is 37.2 Å². The maximum Gasteiger partial charge on any atom is 0.0924 e. The van der Waals surface area contributed by atoms with E-state index in [9.17, 15) is 5.11 Å². The largest absolute Gasteiger partial charge is 0.387 e. The number of thiophene rings is 1. The first-order valence-electron chi connectivity index (χ1n) is 4.66. The maximum atomic E-state index is 10.1. The molecule has 1 unspecified atom stereocenters. The highest BCUT2D eigenvalue weighted by Gasteiger charge is 2.14. The van der Waals surface area contributed by atoms with E-state index < -0.39 is 6.10 Å². The van der Waals surface area contributed by atoms with Gasteiger partial charge in [-0.15, -0.1) is 11.3 Å². The molecule has 1 N–H and O–H groups in total. The van der Waals surface area contributed by atoms with Crippen molar-refractivity contribution in [1.82, 2.24) is 9.78 Å². The first kappa shape index (κ1) is 12.3. The molecule has 2 aromatic heterocycles. The Labute approximate surface area is 114 Å². The van der Waals surface area contributed by atoms with Crippen molar-refractivity contribution >= 4 is 43.2 Å². The lowest BCUT2D eigenvalue weighted by molar-refractivity contribution is 0.182. The Balaban J connectivity index is 2.11. The maximum absolute atomic E-state index is 10.1. The van der Waals surface area contributed by atoms with Gasteiger partial charge in [0.25, 0.3) is 0 Å². The number of aliphatic hydroxyl groups excluding tert-OH is 1. The monoisotopic (exact) mass is 364 g/mol. The summed E-state index contributed by atoms with van der Waals surface area (Å²) in [6.45, 7) is 0. The summed E-state index contributed by atoms with van der Waals surface area (Å²) in [7, 11) is 1.87. The van der Waals surface area contributed by atoms with Crippen molar-refractivity contribution in [2.75, 3.05) is 0 Å². The normalized spacial score (nSPS) is 13.0. The zero-order valence-electron chi connectivity index (χ0n) is 8.52. The fourth-order valence-electron chi connectivity index (χ4n) is 1.43. The summed E-state index contributed by atoms with van der Waals surface area (Å²) < 4.78 is 3.73. The predicted molar refractivity (Wildman–Crippen MR) is 71.6 cm³/mol. The number of hydrogen-bond donors (Lipinski definition) is 1. The molecule has 2 aromatic rings. The molecule has 0 aliphatic rings. The van der Waals surface area contributed by atoms with Gasteiger partial charge in [0, 0.05) is 29.0 Å². The Morgan fingerprint density at radius 1 is 1.56 bits per heavy atom. The van der Waals surface area contributed by atoms with Crippen molar-refractivity contribution in [2.24, 2.45) is 7.05 Å². The molecule has 2 heterocycles. The van der Waals surface area contributed by atoms with Gasteiger partial charge >= 0.3 is 0 Å². The number of halogens is 2. The average molecular weight is 366 g/mol. The lowest BCUT2D eigenvalue weighted by Crippen LogP contribution is -1.98. The molecule has 0 bridgehead atoms. The summed E-state index contributed by atoms with van der Waals surface area (Å²) in [5.41, 5.74) is 1.04. The van der Waals surface area contributed by atoms with Gasteiger partial charge in [-0.2, -0.15) is 5.10 Å². The van der Waals surface area contributed by atoms with Gasteiger partial charge in [-0.05, 0) is 43.5 Å². The molecule has 0 aromatic carbocycles. The third-order valence-corrected chi connectivity index (χ3v) is 5.54. The van der Waals surface area contributed by atoms with E-state index in [-0.39, 0.29) is 0 Å². The summed E-state index contributed by atoms with van der Waals surface area (Å²) in [6.07, 6.45) is 3.81. The van der Waals surface area contributed by atoms with Gasteiger partial charge in [-0.3, -0.25) is 4.68 Å². The van der Waals surface area contributed by atoms with Crippen LogP contribution in [0.2, 0.25) is 0 Å². The van der Waals surface area contributed by atoms with Gasteiger partial charge in [-0.1, -0.05) is 0 Å². The third-order valence-electron chi connectivity index (χ3n) is 2.18. The molecule has 3 nitrogen and oxygen atoms in total. The zero-order valence-corrected chi connectivity index (χ0v) is 12.5. The second kappa shape index (κ2) is 5.00. The van der Waals surface area contributed by atoms with Crippen LogP contribution in [0.1, 0.15) is 16.5 Å². The van der Waals surface area contributed by atoms with Crippen LogP contribution in [0.25, 0.3) is 0 Å². The minimum absolute atomic E-state index is 0.475. The summed E-state index contributed by atoms with van der Waals surface area (Å²) in [5, 5.41) is 14.1. The van der Waals surface area contributed by atoms with Crippen LogP contribution in [0, 0.1) is 0 Å². The van der Waals surface area contributed by atoms with Crippen molar-refractivity contribution in [3.8, 4) is 0 Å². The van der Waals surface area contributed by atoms with E-state index in [0.717, 1.165) is 18.7 Å². The molecular formula is C10H10Br2N2OS. The van der Waals surface area contributed by atoms with Crippen LogP contribution in [0.5, 0.6) is 0 Å². The average Bonchev–Trinajstić information content (AvgIpc) is 2.75. The first-order valence-corrected chi connectivity index (χ1v) is 7.07. The van der Waals surface area contributed by atoms with Gasteiger partial charge in [0.05, 0.1) is 16.1 Å². The zero-order chi connectivity index (χ0) is 11.7. The van der Waals surface area contributed by atoms with E-state index in [2.05, 4.69) is 37.0 Å². The first-order chi connectivity index (χ1) is 7.56. The van der Waals surface area contributed by atoms with E-state index in [0.29, 0.717) is 6.42 Å². The van der Waals surface area contributed by atoms with Crippen LogP contribution in [-0.2, 0) is 13.5 Å². The van der Waals surface area contributed by atoms with E-state index >= 15 is 0 Å². The van der Waals surface area contributed by atoms with Gasteiger partial charge < -0.3 is 5.11 Å². The highest BCUT2D eigenvalue weighted by Crippen LogP contribution is 2.36. The molecule has 0 amide bonds. The fraction of sp³-hybridized carbons (Fsp3) is 0.300. The van der Waals surface area contributed by atoms with Crippen LogP contribution < -0.4 is 0 Å². The number of aliphatic hydroxyl groups is 1. The van der Waals surface area contributed by atoms with Crippen LogP contribution in [0.15, 0.2) is 26.7 Å². The number of nitrogens with zero attached hydrogens (tertiary/aromatic N) is 2. The standard InChI is InChI=1S/C10H10Br2N2OS/c1-14-5-6(4-13-14)2-8(15)9-3-7(11)10(12)16-9/h3-5,8,15H,2H2,1H3. The number of hydrogen-bond acceptors (Lipinski definition) is 3. The van der Waals surface area contributed by atoms with E-state index in [1.165, 1.54) is 0 Å². The number of rotatable bonds is 3. The Kier molecular flexibility index (Phi) is 3.84. The van der Waals surface area contributed by atoms with Gasteiger partial charge in [0.2, 0.25) is 0 Å². The van der Waals surface area contributed by atoms with Gasteiger partial charge in [-0.25, -0.2) is 0 Å². The molecule has 86 valence electrons. The van der Waals surface area contributed by atoms with Crippen LogP contribution in [0.4, 0.5) is 0 Å². The summed E-state index contributed by atoms with van der Waals surface area (Å²) in [5.74, 6) is 0. The van der Waals surface area contributed by atoms with Crippen LogP contribution in [0.3, 0.4) is 0 Å². The second-order valence-electron chi connectivity index (χ2n) is 3.51. The number of aromatic nitrogens is 2. The SMILES string of the molecule is Cn1cc(CC(O)c2cc(Br)c(Br)s2)cn1. The molecule has 0 saturated heterocycles. The van der Waals surface area contributed by atoms with E-state index in [1.807, 2.05) is 19.3 Å². The molecule has 0 fully saturated rings. The van der Waals surface area contributed by atoms with Gasteiger partial charge in [0.15, 0.2) is 0 Å². The van der Waals surface area contributed by atoms with Crippen molar-refractivity contribution in [1.29, 1.82) is 0 Å². The number of aryl methyl sites for hydroxylation is 1. The predicted octanol–water partition coefficient (Wildman–Crippen LogP) is 3.28. The minimum atomic E-state index is -0.475. The third kappa shape index (κ3) is 2.74. The molecular weight excluding hydrogens is 356 g/mol. The fourth-order valence-corrected chi connectivity index (χ4v) is 3.50. The molecule has 1 atom stereocenters. The van der Waals surface area contributed by atoms with Crippen LogP contribution in [-0.4, -0.2) is 14.9 Å². The van der Waals surface area contributed by atoms with Gasteiger partial charge in [0.1, 0.15) is 0 Å². The highest BCUT2D eigenvalue weighted by atomic mass is 79.9. The molecule has 6 heteroatoms. The molecule has 2 rings (SSSR count). The Bertz CT molecular complexity index is 475. The topological polar surface area (TPSA) is 38.0 Å². The summed E-state index contributed by atoms with van der Waals surface area (Å²) in [6, 6.07) is 1.94. The van der Waals surface area contributed by atoms with Crippen molar-refractivity contribution in [3.63, 3.8) is 0 Å². The molecule has 0 aliphatic carbocycles. The molecule has 0 aliphatic heterocycles. The lowest BCUT2D eigenvalue weighted by Gasteiger charge is -2.05.